The third-order valence-corrected chi connectivity index (χ3v) is 3.69. The van der Waals surface area contributed by atoms with Gasteiger partial charge in [-0.2, -0.15) is 0 Å². The van der Waals surface area contributed by atoms with E-state index in [0.717, 1.165) is 36.8 Å². The number of aromatic nitrogens is 3. The Kier molecular flexibility index (Phi) is 3.69. The molecule has 3 heterocycles. The predicted octanol–water partition coefficient (Wildman–Crippen LogP) is 2.56. The molecule has 0 aromatic carbocycles. The molecule has 0 radical (unpaired) electrons. The van der Waals surface area contributed by atoms with Crippen LogP contribution in [0.25, 0.3) is 5.82 Å². The van der Waals surface area contributed by atoms with Crippen LogP contribution in [0, 0.1) is 6.92 Å². The fraction of sp³-hybridized carbons (Fsp3) is 0.467. The van der Waals surface area contributed by atoms with E-state index in [2.05, 4.69) is 28.3 Å². The molecule has 5 nitrogen and oxygen atoms in total. The molecule has 1 aliphatic rings. The second-order valence-corrected chi connectivity index (χ2v) is 5.27. The lowest BCUT2D eigenvalue weighted by Gasteiger charge is -2.29. The van der Waals surface area contributed by atoms with Crippen molar-refractivity contribution in [3.8, 4) is 5.82 Å². The van der Waals surface area contributed by atoms with Gasteiger partial charge in [-0.05, 0) is 38.8 Å². The van der Waals surface area contributed by atoms with Crippen LogP contribution in [0.4, 0.5) is 5.69 Å². The maximum Gasteiger partial charge on any atom is 0.161 e. The van der Waals surface area contributed by atoms with Crippen LogP contribution in [-0.2, 0) is 4.74 Å². The maximum atomic E-state index is 5.60. The number of nitrogens with zero attached hydrogens (tertiary/aromatic N) is 3. The summed E-state index contributed by atoms with van der Waals surface area (Å²) in [5, 5.41) is 3.60. The van der Waals surface area contributed by atoms with Crippen LogP contribution in [0.3, 0.4) is 0 Å². The number of hydrogen-bond donors (Lipinski definition) is 1. The van der Waals surface area contributed by atoms with Gasteiger partial charge < -0.3 is 10.1 Å². The number of anilines is 1. The Morgan fingerprint density at radius 3 is 3.00 bits per heavy atom. The van der Waals surface area contributed by atoms with E-state index >= 15 is 0 Å². The summed E-state index contributed by atoms with van der Waals surface area (Å²) < 4.78 is 7.60. The monoisotopic (exact) mass is 272 g/mol. The smallest absolute Gasteiger partial charge is 0.161 e. The Hall–Kier alpha value is -1.88. The van der Waals surface area contributed by atoms with Crippen molar-refractivity contribution < 1.29 is 4.74 Å². The van der Waals surface area contributed by atoms with Gasteiger partial charge in [-0.3, -0.25) is 4.57 Å². The molecule has 3 rings (SSSR count). The van der Waals surface area contributed by atoms with Gasteiger partial charge in [0.1, 0.15) is 5.82 Å². The highest BCUT2D eigenvalue weighted by Crippen LogP contribution is 2.23. The zero-order valence-corrected chi connectivity index (χ0v) is 11.9. The molecule has 1 N–H and O–H groups in total. The number of rotatable bonds is 3. The number of nitrogens with one attached hydrogen (secondary N) is 1. The number of imidazole rings is 1. The molecule has 106 valence electrons. The number of ether oxygens (including phenoxy) is 1. The summed E-state index contributed by atoms with van der Waals surface area (Å²) >= 11 is 0. The molecule has 1 saturated heterocycles. The normalized spacial score (nSPS) is 22.7. The Bertz CT molecular complexity index is 581. The lowest BCUT2D eigenvalue weighted by Crippen LogP contribution is -2.32. The summed E-state index contributed by atoms with van der Waals surface area (Å²) in [5.74, 6) is 1.84. The van der Waals surface area contributed by atoms with E-state index < -0.39 is 0 Å². The molecule has 1 aliphatic heterocycles. The predicted molar refractivity (Wildman–Crippen MR) is 78.2 cm³/mol. The molecule has 2 aromatic rings. The van der Waals surface area contributed by atoms with Gasteiger partial charge in [0.05, 0.1) is 11.8 Å². The lowest BCUT2D eigenvalue weighted by molar-refractivity contribution is 0.0232. The summed E-state index contributed by atoms with van der Waals surface area (Å²) in [6.45, 7) is 4.92. The van der Waals surface area contributed by atoms with Crippen LogP contribution in [0.15, 0.2) is 30.7 Å². The molecule has 0 spiro atoms. The molecule has 2 aromatic heterocycles. The summed E-state index contributed by atoms with van der Waals surface area (Å²) in [6.07, 6.45) is 7.92. The molecule has 0 amide bonds. The molecule has 20 heavy (non-hydrogen) atoms. The van der Waals surface area contributed by atoms with Gasteiger partial charge in [-0.1, -0.05) is 0 Å². The standard InChI is InChI=1S/C15H20N4O/c1-11-10-13(5-9-20-11)18-14-4-3-6-17-15(14)19-8-7-16-12(19)2/h3-4,6-8,11,13,18H,5,9-10H2,1-2H3. The Labute approximate surface area is 119 Å². The van der Waals surface area contributed by atoms with E-state index in [1.54, 1.807) is 6.20 Å². The molecular weight excluding hydrogens is 252 g/mol. The van der Waals surface area contributed by atoms with Crippen molar-refractivity contribution in [1.82, 2.24) is 14.5 Å². The van der Waals surface area contributed by atoms with E-state index in [1.807, 2.05) is 30.0 Å². The van der Waals surface area contributed by atoms with Crippen molar-refractivity contribution in [2.75, 3.05) is 11.9 Å². The van der Waals surface area contributed by atoms with Crippen molar-refractivity contribution in [2.45, 2.75) is 38.8 Å². The first-order valence-electron chi connectivity index (χ1n) is 7.07. The van der Waals surface area contributed by atoms with E-state index in [-0.39, 0.29) is 0 Å². The molecule has 1 fully saturated rings. The minimum atomic E-state index is 0.316. The fourth-order valence-electron chi connectivity index (χ4n) is 2.65. The van der Waals surface area contributed by atoms with Crippen LogP contribution < -0.4 is 5.32 Å². The van der Waals surface area contributed by atoms with Crippen molar-refractivity contribution in [3.63, 3.8) is 0 Å². The zero-order valence-electron chi connectivity index (χ0n) is 11.9. The second-order valence-electron chi connectivity index (χ2n) is 5.27. The highest BCUT2D eigenvalue weighted by Gasteiger charge is 2.20. The van der Waals surface area contributed by atoms with Crippen LogP contribution in [0.5, 0.6) is 0 Å². The van der Waals surface area contributed by atoms with E-state index in [9.17, 15) is 0 Å². The third-order valence-electron chi connectivity index (χ3n) is 3.69. The van der Waals surface area contributed by atoms with Crippen molar-refractivity contribution in [1.29, 1.82) is 0 Å². The van der Waals surface area contributed by atoms with Crippen molar-refractivity contribution >= 4 is 5.69 Å². The first kappa shape index (κ1) is 13.1. The lowest BCUT2D eigenvalue weighted by atomic mass is 10.0. The van der Waals surface area contributed by atoms with E-state index in [4.69, 9.17) is 4.74 Å². The van der Waals surface area contributed by atoms with Crippen LogP contribution in [0.1, 0.15) is 25.6 Å². The van der Waals surface area contributed by atoms with Crippen LogP contribution in [-0.4, -0.2) is 33.3 Å². The molecule has 5 heteroatoms. The SMILES string of the molecule is Cc1nccn1-c1ncccc1NC1CCOC(C)C1. The average Bonchev–Trinajstić information content (AvgIpc) is 2.86. The largest absolute Gasteiger partial charge is 0.379 e. The van der Waals surface area contributed by atoms with E-state index in [0.29, 0.717) is 12.1 Å². The Morgan fingerprint density at radius 1 is 1.35 bits per heavy atom. The first-order valence-corrected chi connectivity index (χ1v) is 7.07. The van der Waals surface area contributed by atoms with Gasteiger partial charge in [0.15, 0.2) is 5.82 Å². The quantitative estimate of drug-likeness (QED) is 0.933. The molecule has 0 saturated carbocycles. The third kappa shape index (κ3) is 2.67. The minimum absolute atomic E-state index is 0.316. The summed E-state index contributed by atoms with van der Waals surface area (Å²) in [7, 11) is 0. The van der Waals surface area contributed by atoms with Crippen LogP contribution in [0.2, 0.25) is 0 Å². The fourth-order valence-corrected chi connectivity index (χ4v) is 2.65. The zero-order chi connectivity index (χ0) is 13.9. The maximum absolute atomic E-state index is 5.60. The number of hydrogen-bond acceptors (Lipinski definition) is 4. The second kappa shape index (κ2) is 5.63. The highest BCUT2D eigenvalue weighted by molar-refractivity contribution is 5.57. The number of pyridine rings is 1. The highest BCUT2D eigenvalue weighted by atomic mass is 16.5. The topological polar surface area (TPSA) is 52.0 Å². The van der Waals surface area contributed by atoms with Gasteiger partial charge >= 0.3 is 0 Å². The van der Waals surface area contributed by atoms with Gasteiger partial charge in [0.2, 0.25) is 0 Å². The van der Waals surface area contributed by atoms with Gasteiger partial charge in [-0.25, -0.2) is 9.97 Å². The number of aryl methyl sites for hydroxylation is 1. The average molecular weight is 272 g/mol. The van der Waals surface area contributed by atoms with Gasteiger partial charge in [-0.15, -0.1) is 0 Å². The van der Waals surface area contributed by atoms with Crippen molar-refractivity contribution in [3.05, 3.63) is 36.5 Å². The summed E-state index contributed by atoms with van der Waals surface area (Å²) in [5.41, 5.74) is 1.05. The Morgan fingerprint density at radius 2 is 2.25 bits per heavy atom. The molecule has 2 atom stereocenters. The van der Waals surface area contributed by atoms with E-state index in [1.165, 1.54) is 0 Å². The van der Waals surface area contributed by atoms with Crippen LogP contribution >= 0.6 is 0 Å². The first-order chi connectivity index (χ1) is 9.74. The van der Waals surface area contributed by atoms with Gasteiger partial charge in [0, 0.05) is 31.2 Å². The molecular formula is C15H20N4O. The van der Waals surface area contributed by atoms with Crippen molar-refractivity contribution in [2.24, 2.45) is 0 Å². The summed E-state index contributed by atoms with van der Waals surface area (Å²) in [4.78, 5) is 8.76. The Balaban J connectivity index is 1.85. The van der Waals surface area contributed by atoms with Gasteiger partial charge in [0.25, 0.3) is 0 Å². The molecule has 0 aliphatic carbocycles. The molecule has 2 unspecified atom stereocenters. The molecule has 0 bridgehead atoms. The summed E-state index contributed by atoms with van der Waals surface area (Å²) in [6, 6.07) is 4.47. The minimum Gasteiger partial charge on any atom is -0.379 e.